The Morgan fingerprint density at radius 3 is 2.70 bits per heavy atom. The van der Waals surface area contributed by atoms with Crippen molar-refractivity contribution in [3.8, 4) is 0 Å². The second kappa shape index (κ2) is 9.36. The second-order valence-electron chi connectivity index (χ2n) is 8.70. The molecule has 5 heterocycles. The van der Waals surface area contributed by atoms with Gasteiger partial charge in [0.1, 0.15) is 11.7 Å². The highest BCUT2D eigenvalue weighted by Gasteiger charge is 2.25. The zero-order chi connectivity index (χ0) is 22.8. The number of piperazine rings is 1. The van der Waals surface area contributed by atoms with E-state index in [0.717, 1.165) is 55.3 Å². The van der Waals surface area contributed by atoms with Crippen molar-refractivity contribution in [2.75, 3.05) is 50.8 Å². The summed E-state index contributed by atoms with van der Waals surface area (Å²) in [6.45, 7) is 7.45. The van der Waals surface area contributed by atoms with Gasteiger partial charge < -0.3 is 15.0 Å². The molecular weight excluding hydrogens is 420 g/mol. The Balaban J connectivity index is 1.13. The predicted molar refractivity (Wildman–Crippen MR) is 126 cm³/mol. The highest BCUT2D eigenvalue weighted by atomic mass is 16.5. The second-order valence-corrected chi connectivity index (χ2v) is 8.70. The number of aromatic nitrogens is 1. The molecule has 0 spiro atoms. The van der Waals surface area contributed by atoms with Gasteiger partial charge in [-0.25, -0.2) is 9.98 Å². The van der Waals surface area contributed by atoms with Crippen molar-refractivity contribution in [2.24, 2.45) is 9.98 Å². The van der Waals surface area contributed by atoms with E-state index >= 15 is 0 Å². The van der Waals surface area contributed by atoms with E-state index in [1.807, 2.05) is 31.4 Å². The van der Waals surface area contributed by atoms with E-state index < -0.39 is 0 Å². The van der Waals surface area contributed by atoms with Crippen molar-refractivity contribution in [1.82, 2.24) is 15.2 Å². The van der Waals surface area contributed by atoms with Crippen LogP contribution in [0, 0.1) is 0 Å². The molecule has 33 heavy (non-hydrogen) atoms. The molecule has 4 aliphatic rings. The Labute approximate surface area is 192 Å². The van der Waals surface area contributed by atoms with Crippen LogP contribution in [0.3, 0.4) is 0 Å². The topological polar surface area (TPSA) is 99.5 Å². The number of carbonyl (C=O) groups excluding carboxylic acids is 2. The quantitative estimate of drug-likeness (QED) is 0.698. The Morgan fingerprint density at radius 1 is 1.21 bits per heavy atom. The van der Waals surface area contributed by atoms with Gasteiger partial charge in [0.05, 0.1) is 36.9 Å². The summed E-state index contributed by atoms with van der Waals surface area (Å²) < 4.78 is 5.08. The van der Waals surface area contributed by atoms with Gasteiger partial charge >= 0.3 is 0 Å². The van der Waals surface area contributed by atoms with Gasteiger partial charge in [-0.05, 0) is 36.3 Å². The van der Waals surface area contributed by atoms with Gasteiger partial charge in [-0.15, -0.1) is 0 Å². The molecule has 1 aromatic rings. The van der Waals surface area contributed by atoms with Crippen LogP contribution in [0.2, 0.25) is 0 Å². The van der Waals surface area contributed by atoms with E-state index in [-0.39, 0.29) is 23.9 Å². The number of carbonyl (C=O) groups is 2. The first-order valence-corrected chi connectivity index (χ1v) is 11.5. The molecule has 172 valence electrons. The molecule has 9 heteroatoms. The molecule has 9 nitrogen and oxygen atoms in total. The average molecular weight is 449 g/mol. The number of aliphatic imine (C=N–C) groups is 2. The summed E-state index contributed by atoms with van der Waals surface area (Å²) >= 11 is 0. The largest absolute Gasteiger partial charge is 0.377 e. The number of dihydropyridines is 2. The van der Waals surface area contributed by atoms with Crippen LogP contribution in [-0.4, -0.2) is 91.6 Å². The van der Waals surface area contributed by atoms with E-state index in [2.05, 4.69) is 30.1 Å². The maximum absolute atomic E-state index is 12.2. The van der Waals surface area contributed by atoms with Crippen molar-refractivity contribution in [3.63, 3.8) is 0 Å². The lowest BCUT2D eigenvalue weighted by Gasteiger charge is -2.36. The molecule has 2 fully saturated rings. The number of fused-ring (bicyclic) bond motifs is 1. The van der Waals surface area contributed by atoms with Crippen LogP contribution in [-0.2, 0) is 9.53 Å². The van der Waals surface area contributed by atoms with E-state index in [4.69, 9.17) is 4.74 Å². The average Bonchev–Trinajstić information content (AvgIpc) is 2.81. The van der Waals surface area contributed by atoms with Gasteiger partial charge in [0.2, 0.25) is 0 Å². The summed E-state index contributed by atoms with van der Waals surface area (Å²) in [5, 5.41) is 2.91. The van der Waals surface area contributed by atoms with Crippen molar-refractivity contribution >= 4 is 29.4 Å². The van der Waals surface area contributed by atoms with Crippen LogP contribution in [0.1, 0.15) is 23.8 Å². The third-order valence-electron chi connectivity index (χ3n) is 6.38. The smallest absolute Gasteiger partial charge is 0.272 e. The van der Waals surface area contributed by atoms with E-state index in [1.54, 1.807) is 12.3 Å². The van der Waals surface area contributed by atoms with Crippen LogP contribution in [0.25, 0.3) is 0 Å². The summed E-state index contributed by atoms with van der Waals surface area (Å²) in [6, 6.07) is 3.71. The highest BCUT2D eigenvalue weighted by Crippen LogP contribution is 2.20. The zero-order valence-corrected chi connectivity index (χ0v) is 18.7. The van der Waals surface area contributed by atoms with Gasteiger partial charge in [0.15, 0.2) is 0 Å². The summed E-state index contributed by atoms with van der Waals surface area (Å²) in [5.41, 5.74) is 4.01. The fourth-order valence-electron chi connectivity index (χ4n) is 4.31. The van der Waals surface area contributed by atoms with Gasteiger partial charge in [0.25, 0.3) is 11.8 Å². The van der Waals surface area contributed by atoms with Gasteiger partial charge in [0, 0.05) is 44.5 Å². The van der Waals surface area contributed by atoms with Crippen molar-refractivity contribution in [3.05, 3.63) is 47.3 Å². The molecule has 1 aromatic heterocycles. The summed E-state index contributed by atoms with van der Waals surface area (Å²) in [6.07, 6.45) is 8.31. The number of amides is 2. The molecule has 0 aliphatic carbocycles. The zero-order valence-electron chi connectivity index (χ0n) is 18.7. The summed E-state index contributed by atoms with van der Waals surface area (Å²) in [5.74, 6) is -0.297. The predicted octanol–water partition coefficient (Wildman–Crippen LogP) is 1.03. The third kappa shape index (κ3) is 4.79. The van der Waals surface area contributed by atoms with Crippen molar-refractivity contribution in [2.45, 2.75) is 25.4 Å². The Hall–Kier alpha value is -3.17. The molecule has 1 atom stereocenters. The fraction of sp³-hybridized carbons (Fsp3) is 0.458. The molecule has 1 unspecified atom stereocenters. The van der Waals surface area contributed by atoms with Crippen LogP contribution >= 0.6 is 0 Å². The number of nitrogens with one attached hydrogen (secondary N) is 1. The maximum atomic E-state index is 12.2. The number of rotatable bonds is 6. The van der Waals surface area contributed by atoms with Gasteiger partial charge in [-0.3, -0.25) is 19.5 Å². The molecule has 0 saturated carbocycles. The standard InChI is InChI=1S/C24H28N6O3/c1-2-17-10-21-22(28-23(17)31)9-16(11-25-21)13-29-5-7-30(8-6-29)19-3-4-20(26-12-19)24(32)27-18-14-33-15-18/h3-4,9-12,18,21H,2,5-8,13-15H2,1H3,(H,27,32). The van der Waals surface area contributed by atoms with Crippen LogP contribution in [0.4, 0.5) is 5.69 Å². The van der Waals surface area contributed by atoms with Crippen LogP contribution in [0.15, 0.2) is 51.6 Å². The van der Waals surface area contributed by atoms with E-state index in [9.17, 15) is 9.59 Å². The van der Waals surface area contributed by atoms with Gasteiger partial charge in [-0.2, -0.15) is 0 Å². The molecule has 0 aromatic carbocycles. The molecule has 2 amide bonds. The number of anilines is 1. The lowest BCUT2D eigenvalue weighted by molar-refractivity contribution is -0.114. The fourth-order valence-corrected chi connectivity index (χ4v) is 4.31. The summed E-state index contributed by atoms with van der Waals surface area (Å²) in [4.78, 5) is 42.2. The lowest BCUT2D eigenvalue weighted by atomic mass is 9.98. The number of hydrogen-bond donors (Lipinski definition) is 1. The molecular formula is C24H28N6O3. The molecule has 0 bridgehead atoms. The van der Waals surface area contributed by atoms with E-state index in [1.165, 1.54) is 0 Å². The summed E-state index contributed by atoms with van der Waals surface area (Å²) in [7, 11) is 0. The molecule has 1 N–H and O–H groups in total. The SMILES string of the molecule is CCC1=CC2N=CC(CN3CCN(c4ccc(C(=O)NC5COC5)nc4)CC3)=CC2=NC1=O. The normalized spacial score (nSPS) is 23.3. The maximum Gasteiger partial charge on any atom is 0.272 e. The van der Waals surface area contributed by atoms with Crippen molar-refractivity contribution < 1.29 is 14.3 Å². The first kappa shape index (κ1) is 21.7. The van der Waals surface area contributed by atoms with Crippen LogP contribution < -0.4 is 10.2 Å². The first-order valence-electron chi connectivity index (χ1n) is 11.5. The molecule has 0 radical (unpaired) electrons. The van der Waals surface area contributed by atoms with E-state index in [0.29, 0.717) is 25.3 Å². The minimum absolute atomic E-state index is 0.0956. The molecule has 5 rings (SSSR count). The number of nitrogens with zero attached hydrogens (tertiary/aromatic N) is 5. The minimum atomic E-state index is -0.157. The number of hydrogen-bond acceptors (Lipinski definition) is 7. The van der Waals surface area contributed by atoms with Crippen molar-refractivity contribution in [1.29, 1.82) is 0 Å². The molecule has 4 aliphatic heterocycles. The Kier molecular flexibility index (Phi) is 6.15. The number of pyridine rings is 1. The monoisotopic (exact) mass is 448 g/mol. The molecule has 2 saturated heterocycles. The van der Waals surface area contributed by atoms with Gasteiger partial charge in [-0.1, -0.05) is 6.92 Å². The minimum Gasteiger partial charge on any atom is -0.377 e. The third-order valence-corrected chi connectivity index (χ3v) is 6.38. The highest BCUT2D eigenvalue weighted by molar-refractivity contribution is 6.16. The Morgan fingerprint density at radius 2 is 2.03 bits per heavy atom. The van der Waals surface area contributed by atoms with Crippen LogP contribution in [0.5, 0.6) is 0 Å². The number of ether oxygens (including phenoxy) is 1. The lowest BCUT2D eigenvalue weighted by Crippen LogP contribution is -2.48. The first-order chi connectivity index (χ1) is 16.1. The Bertz CT molecular complexity index is 1050.